The smallest absolute Gasteiger partial charge is 0.0558 e. The molecule has 1 heterocycles. The second-order valence-electron chi connectivity index (χ2n) is 5.30. The van der Waals surface area contributed by atoms with Crippen molar-refractivity contribution in [1.82, 2.24) is 4.90 Å². The number of aliphatic hydroxyl groups excluding tert-OH is 1. The molecule has 0 aromatic heterocycles. The molecule has 3 heteroatoms. The van der Waals surface area contributed by atoms with Gasteiger partial charge in [-0.3, -0.25) is 4.90 Å². The Kier molecular flexibility index (Phi) is 2.81. The van der Waals surface area contributed by atoms with Crippen molar-refractivity contribution in [2.45, 2.75) is 31.7 Å². The van der Waals surface area contributed by atoms with Gasteiger partial charge in [0.1, 0.15) is 0 Å². The van der Waals surface area contributed by atoms with Crippen molar-refractivity contribution in [2.75, 3.05) is 25.4 Å². The summed E-state index contributed by atoms with van der Waals surface area (Å²) >= 11 is 0. The molecule has 0 fully saturated rings. The van der Waals surface area contributed by atoms with Crippen LogP contribution in [-0.4, -0.2) is 29.7 Å². The Morgan fingerprint density at radius 3 is 3.00 bits per heavy atom. The largest absolute Gasteiger partial charge is 0.399 e. The molecule has 17 heavy (non-hydrogen) atoms. The summed E-state index contributed by atoms with van der Waals surface area (Å²) in [5.41, 5.74) is 11.3. The van der Waals surface area contributed by atoms with Gasteiger partial charge in [-0.25, -0.2) is 0 Å². The molecule has 1 unspecified atom stereocenters. The van der Waals surface area contributed by atoms with E-state index in [0.717, 1.165) is 25.3 Å². The van der Waals surface area contributed by atoms with Crippen LogP contribution in [-0.2, 0) is 13.0 Å². The third kappa shape index (κ3) is 1.94. The Morgan fingerprint density at radius 2 is 2.18 bits per heavy atom. The van der Waals surface area contributed by atoms with Gasteiger partial charge < -0.3 is 10.8 Å². The van der Waals surface area contributed by atoms with E-state index in [0.29, 0.717) is 5.92 Å². The summed E-state index contributed by atoms with van der Waals surface area (Å²) in [6.45, 7) is 3.08. The van der Waals surface area contributed by atoms with Gasteiger partial charge in [0.2, 0.25) is 0 Å². The molecule has 3 rings (SSSR count). The molecule has 0 spiro atoms. The van der Waals surface area contributed by atoms with E-state index in [4.69, 9.17) is 10.8 Å². The highest BCUT2D eigenvalue weighted by Gasteiger charge is 2.29. The van der Waals surface area contributed by atoms with Crippen LogP contribution in [0, 0.1) is 0 Å². The number of nitrogens with zero attached hydrogens (tertiary/aromatic N) is 1. The third-order valence-corrected chi connectivity index (χ3v) is 4.07. The summed E-state index contributed by atoms with van der Waals surface area (Å²) in [4.78, 5) is 2.35. The molecule has 3 N–H and O–H groups in total. The van der Waals surface area contributed by atoms with Crippen molar-refractivity contribution < 1.29 is 5.11 Å². The molecule has 2 aliphatic rings. The van der Waals surface area contributed by atoms with Gasteiger partial charge in [0.15, 0.2) is 0 Å². The summed E-state index contributed by atoms with van der Waals surface area (Å²) in [6, 6.07) is 4.29. The normalized spacial score (nSPS) is 23.5. The van der Waals surface area contributed by atoms with Crippen LogP contribution in [0.5, 0.6) is 0 Å². The quantitative estimate of drug-likeness (QED) is 0.760. The summed E-state index contributed by atoms with van der Waals surface area (Å²) in [7, 11) is 0. The minimum absolute atomic E-state index is 0.247. The standard InChI is InChI=1S/C14H20N2O/c15-13-6-10-2-1-3-11-8-16(4-5-17)9-12(7-13)14(10)11/h6-7,11,17H,1-5,8-9,15H2. The summed E-state index contributed by atoms with van der Waals surface area (Å²) in [5.74, 6) is 0.662. The summed E-state index contributed by atoms with van der Waals surface area (Å²) < 4.78 is 0. The molecule has 1 atom stereocenters. The highest BCUT2D eigenvalue weighted by molar-refractivity contribution is 5.52. The van der Waals surface area contributed by atoms with Crippen molar-refractivity contribution in [3.63, 3.8) is 0 Å². The minimum atomic E-state index is 0.247. The molecule has 3 nitrogen and oxygen atoms in total. The molecule has 0 saturated heterocycles. The second-order valence-corrected chi connectivity index (χ2v) is 5.30. The lowest BCUT2D eigenvalue weighted by molar-refractivity contribution is 0.167. The maximum absolute atomic E-state index is 9.08. The van der Waals surface area contributed by atoms with Crippen LogP contribution >= 0.6 is 0 Å². The lowest BCUT2D eigenvalue weighted by Gasteiger charge is -2.38. The lowest BCUT2D eigenvalue weighted by atomic mass is 9.77. The number of aryl methyl sites for hydroxylation is 1. The number of hydrogen-bond acceptors (Lipinski definition) is 3. The Labute approximate surface area is 102 Å². The topological polar surface area (TPSA) is 49.5 Å². The molecule has 0 amide bonds. The number of nitrogens with two attached hydrogens (primary N) is 1. The Balaban J connectivity index is 2.00. The number of benzene rings is 1. The van der Waals surface area contributed by atoms with Gasteiger partial charge in [-0.2, -0.15) is 0 Å². The van der Waals surface area contributed by atoms with Crippen LogP contribution in [0.4, 0.5) is 5.69 Å². The SMILES string of the molecule is Nc1cc2c3c(c1)CN(CCO)CC3CCC2. The van der Waals surface area contributed by atoms with Gasteiger partial charge >= 0.3 is 0 Å². The van der Waals surface area contributed by atoms with Gasteiger partial charge in [0.25, 0.3) is 0 Å². The number of hydrogen-bond donors (Lipinski definition) is 2. The number of anilines is 1. The molecular formula is C14H20N2O. The van der Waals surface area contributed by atoms with E-state index < -0.39 is 0 Å². The summed E-state index contributed by atoms with van der Waals surface area (Å²) in [5, 5.41) is 9.08. The van der Waals surface area contributed by atoms with Crippen molar-refractivity contribution in [3.05, 3.63) is 28.8 Å². The first-order valence-electron chi connectivity index (χ1n) is 6.52. The number of rotatable bonds is 2. The van der Waals surface area contributed by atoms with Crippen LogP contribution in [0.3, 0.4) is 0 Å². The number of β-amino-alcohol motifs (C(OH)–C–C–N with tert-alkyl or cyclic N) is 1. The summed E-state index contributed by atoms with van der Waals surface area (Å²) in [6.07, 6.45) is 3.74. The van der Waals surface area contributed by atoms with E-state index in [2.05, 4.69) is 17.0 Å². The van der Waals surface area contributed by atoms with E-state index in [9.17, 15) is 0 Å². The predicted molar refractivity (Wildman–Crippen MR) is 68.9 cm³/mol. The highest BCUT2D eigenvalue weighted by Crippen LogP contribution is 2.39. The van der Waals surface area contributed by atoms with Crippen molar-refractivity contribution in [1.29, 1.82) is 0 Å². The molecule has 0 radical (unpaired) electrons. The fourth-order valence-corrected chi connectivity index (χ4v) is 3.46. The predicted octanol–water partition coefficient (Wildman–Crippen LogP) is 1.50. The van der Waals surface area contributed by atoms with Gasteiger partial charge in [-0.05, 0) is 54.0 Å². The molecular weight excluding hydrogens is 212 g/mol. The van der Waals surface area contributed by atoms with Gasteiger partial charge in [0, 0.05) is 25.3 Å². The molecule has 1 aromatic rings. The monoisotopic (exact) mass is 232 g/mol. The fourth-order valence-electron chi connectivity index (χ4n) is 3.46. The fraction of sp³-hybridized carbons (Fsp3) is 0.571. The van der Waals surface area contributed by atoms with Crippen LogP contribution in [0.1, 0.15) is 35.4 Å². The van der Waals surface area contributed by atoms with Gasteiger partial charge in [-0.15, -0.1) is 0 Å². The van der Waals surface area contributed by atoms with Crippen molar-refractivity contribution in [2.24, 2.45) is 0 Å². The molecule has 0 saturated carbocycles. The molecule has 92 valence electrons. The maximum atomic E-state index is 9.08. The highest BCUT2D eigenvalue weighted by atomic mass is 16.3. The molecule has 1 aromatic carbocycles. The Bertz CT molecular complexity index is 430. The maximum Gasteiger partial charge on any atom is 0.0558 e. The first-order chi connectivity index (χ1) is 8.28. The van der Waals surface area contributed by atoms with Crippen LogP contribution in [0.25, 0.3) is 0 Å². The lowest BCUT2D eigenvalue weighted by Crippen LogP contribution is -2.37. The number of nitrogen functional groups attached to an aromatic ring is 1. The van der Waals surface area contributed by atoms with Crippen molar-refractivity contribution in [3.8, 4) is 0 Å². The van der Waals surface area contributed by atoms with E-state index in [-0.39, 0.29) is 6.61 Å². The first kappa shape index (κ1) is 11.1. The van der Waals surface area contributed by atoms with Crippen LogP contribution in [0.15, 0.2) is 12.1 Å². The van der Waals surface area contributed by atoms with E-state index in [1.54, 1.807) is 5.56 Å². The average Bonchev–Trinajstić information content (AvgIpc) is 2.28. The average molecular weight is 232 g/mol. The van der Waals surface area contributed by atoms with Gasteiger partial charge in [0.05, 0.1) is 6.61 Å². The molecule has 1 aliphatic carbocycles. The van der Waals surface area contributed by atoms with E-state index in [1.807, 2.05) is 0 Å². The Hall–Kier alpha value is -1.06. The van der Waals surface area contributed by atoms with Gasteiger partial charge in [-0.1, -0.05) is 0 Å². The molecule has 1 aliphatic heterocycles. The van der Waals surface area contributed by atoms with Crippen LogP contribution in [0.2, 0.25) is 0 Å². The minimum Gasteiger partial charge on any atom is -0.399 e. The first-order valence-corrected chi connectivity index (χ1v) is 6.52. The van der Waals surface area contributed by atoms with Crippen LogP contribution < -0.4 is 5.73 Å². The third-order valence-electron chi connectivity index (χ3n) is 4.07. The number of aliphatic hydroxyl groups is 1. The second kappa shape index (κ2) is 4.31. The zero-order valence-electron chi connectivity index (χ0n) is 10.2. The van der Waals surface area contributed by atoms with E-state index >= 15 is 0 Å². The van der Waals surface area contributed by atoms with E-state index in [1.165, 1.54) is 30.4 Å². The zero-order valence-corrected chi connectivity index (χ0v) is 10.2. The Morgan fingerprint density at radius 1 is 1.35 bits per heavy atom. The van der Waals surface area contributed by atoms with Crippen molar-refractivity contribution >= 4 is 5.69 Å². The molecule has 0 bridgehead atoms. The zero-order chi connectivity index (χ0) is 11.8.